The number of halogens is 1. The zero-order valence-corrected chi connectivity index (χ0v) is 18.8. The average molecular weight is 488 g/mol. The summed E-state index contributed by atoms with van der Waals surface area (Å²) in [6.45, 7) is 8.00. The molecule has 0 spiro atoms. The Morgan fingerprint density at radius 2 is 1.85 bits per heavy atom. The van der Waals surface area contributed by atoms with E-state index in [4.69, 9.17) is 4.74 Å². The van der Waals surface area contributed by atoms with Crippen molar-refractivity contribution in [3.8, 4) is 0 Å². The first-order chi connectivity index (χ1) is 12.7. The zero-order valence-electron chi connectivity index (χ0n) is 16.5. The third-order valence-corrected chi connectivity index (χ3v) is 4.56. The van der Waals surface area contributed by atoms with E-state index in [9.17, 15) is 4.79 Å². The molecular formula is C20H33IN4O2. The van der Waals surface area contributed by atoms with Gasteiger partial charge in [-0.15, -0.1) is 24.0 Å². The first-order valence-corrected chi connectivity index (χ1v) is 9.64. The van der Waals surface area contributed by atoms with Crippen molar-refractivity contribution in [3.05, 3.63) is 35.4 Å². The Kier molecular flexibility index (Phi) is 12.1. The van der Waals surface area contributed by atoms with Gasteiger partial charge in [0.05, 0.1) is 19.2 Å². The number of carbonyl (C=O) groups excluding carboxylic acids is 1. The van der Waals surface area contributed by atoms with Crippen LogP contribution in [0.15, 0.2) is 29.3 Å². The minimum atomic E-state index is -0.301. The topological polar surface area (TPSA) is 66.0 Å². The summed E-state index contributed by atoms with van der Waals surface area (Å²) in [6.07, 6.45) is 4.87. The number of carbonyl (C=O) groups is 1. The smallest absolute Gasteiger partial charge is 0.337 e. The van der Waals surface area contributed by atoms with Gasteiger partial charge < -0.3 is 20.3 Å². The summed E-state index contributed by atoms with van der Waals surface area (Å²) in [4.78, 5) is 18.6. The number of likely N-dealkylation sites (tertiary alicyclic amines) is 1. The van der Waals surface area contributed by atoms with Crippen molar-refractivity contribution >= 4 is 35.9 Å². The monoisotopic (exact) mass is 488 g/mol. The first kappa shape index (κ1) is 23.7. The fourth-order valence-electron chi connectivity index (χ4n) is 3.08. The van der Waals surface area contributed by atoms with Gasteiger partial charge in [-0.25, -0.2) is 4.79 Å². The van der Waals surface area contributed by atoms with Crippen LogP contribution in [0.4, 0.5) is 0 Å². The normalized spacial score (nSPS) is 15.0. The van der Waals surface area contributed by atoms with Gasteiger partial charge in [-0.3, -0.25) is 4.99 Å². The van der Waals surface area contributed by atoms with Crippen molar-refractivity contribution in [2.24, 2.45) is 4.99 Å². The fraction of sp³-hybridized carbons (Fsp3) is 0.600. The molecule has 1 saturated heterocycles. The average Bonchev–Trinajstić information content (AvgIpc) is 2.69. The van der Waals surface area contributed by atoms with E-state index in [-0.39, 0.29) is 29.9 Å². The van der Waals surface area contributed by atoms with E-state index in [1.54, 1.807) is 12.1 Å². The summed E-state index contributed by atoms with van der Waals surface area (Å²) in [5, 5.41) is 6.68. The number of rotatable bonds is 8. The number of benzene rings is 1. The standard InChI is InChI=1S/C20H32N4O2.HI/c1-3-21-20(23-13-16-24-14-5-4-6-15-24)22-12-11-17-7-9-18(10-8-17)19(25)26-2;/h7-10H,3-6,11-16H2,1-2H3,(H2,21,22,23);1H. The molecule has 1 aliphatic heterocycles. The Morgan fingerprint density at radius 3 is 2.48 bits per heavy atom. The number of ether oxygens (including phenoxy) is 1. The van der Waals surface area contributed by atoms with Crippen molar-refractivity contribution in [2.75, 3.05) is 46.4 Å². The highest BCUT2D eigenvalue weighted by atomic mass is 127. The summed E-state index contributed by atoms with van der Waals surface area (Å²) in [6, 6.07) is 7.54. The molecule has 1 fully saturated rings. The summed E-state index contributed by atoms with van der Waals surface area (Å²) in [7, 11) is 1.40. The predicted molar refractivity (Wildman–Crippen MR) is 121 cm³/mol. The number of guanidine groups is 1. The van der Waals surface area contributed by atoms with Gasteiger partial charge in [0.2, 0.25) is 0 Å². The Hall–Kier alpha value is -1.35. The number of hydrogen-bond donors (Lipinski definition) is 2. The van der Waals surface area contributed by atoms with Crippen LogP contribution in [0.2, 0.25) is 0 Å². The molecule has 6 nitrogen and oxygen atoms in total. The van der Waals surface area contributed by atoms with Crippen molar-refractivity contribution < 1.29 is 9.53 Å². The molecule has 1 aromatic carbocycles. The van der Waals surface area contributed by atoms with E-state index in [1.807, 2.05) is 12.1 Å². The van der Waals surface area contributed by atoms with Crippen LogP contribution in [0.5, 0.6) is 0 Å². The largest absolute Gasteiger partial charge is 0.465 e. The Labute approximate surface area is 180 Å². The van der Waals surface area contributed by atoms with Crippen LogP contribution in [0, 0.1) is 0 Å². The minimum absolute atomic E-state index is 0. The maximum atomic E-state index is 11.5. The van der Waals surface area contributed by atoms with Gasteiger partial charge >= 0.3 is 5.97 Å². The lowest BCUT2D eigenvalue weighted by molar-refractivity contribution is 0.0600. The Balaban J connectivity index is 0.00000364. The molecule has 27 heavy (non-hydrogen) atoms. The molecule has 2 N–H and O–H groups in total. The van der Waals surface area contributed by atoms with Crippen LogP contribution in [0.1, 0.15) is 42.1 Å². The molecule has 1 aromatic rings. The molecule has 0 bridgehead atoms. The van der Waals surface area contributed by atoms with Gasteiger partial charge in [0.15, 0.2) is 5.96 Å². The quantitative estimate of drug-likeness (QED) is 0.255. The first-order valence-electron chi connectivity index (χ1n) is 9.64. The molecule has 2 rings (SSSR count). The molecule has 0 radical (unpaired) electrons. The van der Waals surface area contributed by atoms with Gasteiger partial charge in [0.25, 0.3) is 0 Å². The number of aliphatic imine (C=N–C) groups is 1. The van der Waals surface area contributed by atoms with Gasteiger partial charge in [0.1, 0.15) is 0 Å². The van der Waals surface area contributed by atoms with Gasteiger partial charge in [0, 0.05) is 19.6 Å². The maximum absolute atomic E-state index is 11.5. The molecule has 0 saturated carbocycles. The molecule has 0 aliphatic carbocycles. The zero-order chi connectivity index (χ0) is 18.6. The molecule has 0 unspecified atom stereocenters. The minimum Gasteiger partial charge on any atom is -0.465 e. The van der Waals surface area contributed by atoms with Crippen LogP contribution < -0.4 is 10.6 Å². The van der Waals surface area contributed by atoms with Crippen molar-refractivity contribution in [2.45, 2.75) is 32.6 Å². The summed E-state index contributed by atoms with van der Waals surface area (Å²) >= 11 is 0. The fourth-order valence-corrected chi connectivity index (χ4v) is 3.08. The molecule has 0 atom stereocenters. The predicted octanol–water partition coefficient (Wildman–Crippen LogP) is 2.67. The van der Waals surface area contributed by atoms with E-state index in [2.05, 4.69) is 27.4 Å². The van der Waals surface area contributed by atoms with E-state index in [1.165, 1.54) is 45.0 Å². The third-order valence-electron chi connectivity index (χ3n) is 4.56. The van der Waals surface area contributed by atoms with Crippen molar-refractivity contribution in [3.63, 3.8) is 0 Å². The van der Waals surface area contributed by atoms with Crippen molar-refractivity contribution in [1.82, 2.24) is 15.5 Å². The van der Waals surface area contributed by atoms with Crippen LogP contribution in [0.25, 0.3) is 0 Å². The Bertz CT molecular complexity index is 572. The maximum Gasteiger partial charge on any atom is 0.337 e. The summed E-state index contributed by atoms with van der Waals surface area (Å²) in [5.74, 6) is 0.570. The molecule has 0 aromatic heterocycles. The molecule has 1 heterocycles. The second-order valence-electron chi connectivity index (χ2n) is 6.53. The van der Waals surface area contributed by atoms with Crippen LogP contribution in [-0.2, 0) is 11.2 Å². The number of piperidine rings is 1. The van der Waals surface area contributed by atoms with Gasteiger partial charge in [-0.2, -0.15) is 0 Å². The van der Waals surface area contributed by atoms with Crippen LogP contribution in [-0.4, -0.2) is 63.2 Å². The van der Waals surface area contributed by atoms with E-state index >= 15 is 0 Å². The number of nitrogens with zero attached hydrogens (tertiary/aromatic N) is 2. The van der Waals surface area contributed by atoms with Gasteiger partial charge in [-0.1, -0.05) is 18.6 Å². The molecular weight excluding hydrogens is 455 g/mol. The molecule has 152 valence electrons. The highest BCUT2D eigenvalue weighted by molar-refractivity contribution is 14.0. The number of esters is 1. The Morgan fingerprint density at radius 1 is 1.15 bits per heavy atom. The third kappa shape index (κ3) is 8.92. The second-order valence-corrected chi connectivity index (χ2v) is 6.53. The summed E-state index contributed by atoms with van der Waals surface area (Å²) < 4.78 is 4.72. The SMILES string of the molecule is CCNC(=NCCN1CCCCC1)NCCc1ccc(C(=O)OC)cc1.I. The lowest BCUT2D eigenvalue weighted by atomic mass is 10.1. The van der Waals surface area contributed by atoms with Crippen LogP contribution >= 0.6 is 24.0 Å². The van der Waals surface area contributed by atoms with E-state index in [0.29, 0.717) is 5.56 Å². The number of nitrogens with one attached hydrogen (secondary N) is 2. The van der Waals surface area contributed by atoms with Crippen molar-refractivity contribution in [1.29, 1.82) is 0 Å². The molecule has 7 heteroatoms. The molecule has 0 amide bonds. The number of methoxy groups -OCH3 is 1. The van der Waals surface area contributed by atoms with E-state index < -0.39 is 0 Å². The highest BCUT2D eigenvalue weighted by Crippen LogP contribution is 2.08. The highest BCUT2D eigenvalue weighted by Gasteiger charge is 2.09. The van der Waals surface area contributed by atoms with Crippen LogP contribution in [0.3, 0.4) is 0 Å². The molecule has 1 aliphatic rings. The summed E-state index contributed by atoms with van der Waals surface area (Å²) in [5.41, 5.74) is 1.76. The lowest BCUT2D eigenvalue weighted by Crippen LogP contribution is -2.39. The second kappa shape index (κ2) is 13.8. The van der Waals surface area contributed by atoms with E-state index in [0.717, 1.165) is 38.6 Å². The van der Waals surface area contributed by atoms with Gasteiger partial charge in [-0.05, 0) is 57.0 Å². The number of hydrogen-bond acceptors (Lipinski definition) is 4. The lowest BCUT2D eigenvalue weighted by Gasteiger charge is -2.25.